The smallest absolute Gasteiger partial charge is 0.338 e. The number of urea groups is 1. The molecule has 1 aromatic rings. The Balaban J connectivity index is 2.16. The van der Waals surface area contributed by atoms with Crippen LogP contribution in [0.2, 0.25) is 0 Å². The lowest BCUT2D eigenvalue weighted by Gasteiger charge is -2.25. The molecular weight excluding hydrogens is 282 g/mol. The first kappa shape index (κ1) is 15.2. The molecule has 1 atom stereocenters. The number of carbonyl (C=O) groups is 2. The zero-order valence-corrected chi connectivity index (χ0v) is 11.7. The van der Waals surface area contributed by atoms with Crippen molar-refractivity contribution >= 4 is 17.7 Å². The van der Waals surface area contributed by atoms with Gasteiger partial charge in [0.2, 0.25) is 0 Å². The van der Waals surface area contributed by atoms with E-state index < -0.39 is 29.2 Å². The third kappa shape index (κ3) is 3.29. The molecule has 1 aliphatic carbocycles. The summed E-state index contributed by atoms with van der Waals surface area (Å²) in [6.45, 7) is 1.89. The number of carboxylic acids is 1. The van der Waals surface area contributed by atoms with Crippen LogP contribution in [0, 0.1) is 17.6 Å². The first-order chi connectivity index (χ1) is 9.81. The number of halogens is 2. The minimum atomic E-state index is -1.53. The maximum absolute atomic E-state index is 13.6. The lowest BCUT2D eigenvalue weighted by atomic mass is 10.1. The summed E-state index contributed by atoms with van der Waals surface area (Å²) >= 11 is 0. The van der Waals surface area contributed by atoms with Gasteiger partial charge in [0.15, 0.2) is 0 Å². The summed E-state index contributed by atoms with van der Waals surface area (Å²) < 4.78 is 26.9. The van der Waals surface area contributed by atoms with E-state index in [4.69, 9.17) is 5.11 Å². The molecule has 0 spiro atoms. The molecule has 2 rings (SSSR count). The van der Waals surface area contributed by atoms with Crippen LogP contribution in [0.4, 0.5) is 19.3 Å². The fourth-order valence-electron chi connectivity index (χ4n) is 2.09. The Morgan fingerprint density at radius 1 is 1.33 bits per heavy atom. The second-order valence-electron chi connectivity index (χ2n) is 5.24. The number of nitrogens with zero attached hydrogens (tertiary/aromatic N) is 1. The molecule has 5 nitrogen and oxygen atoms in total. The molecule has 0 heterocycles. The van der Waals surface area contributed by atoms with Gasteiger partial charge >= 0.3 is 12.0 Å². The number of nitrogens with one attached hydrogen (secondary N) is 1. The Hall–Kier alpha value is -2.18. The molecule has 1 fully saturated rings. The van der Waals surface area contributed by atoms with E-state index in [0.717, 1.165) is 18.9 Å². The monoisotopic (exact) mass is 298 g/mol. The minimum Gasteiger partial charge on any atom is -0.478 e. The van der Waals surface area contributed by atoms with Crippen molar-refractivity contribution in [1.82, 2.24) is 4.90 Å². The first-order valence-electron chi connectivity index (χ1n) is 6.57. The van der Waals surface area contributed by atoms with Gasteiger partial charge < -0.3 is 15.3 Å². The average Bonchev–Trinajstić information content (AvgIpc) is 3.23. The highest BCUT2D eigenvalue weighted by molar-refractivity contribution is 5.93. The summed E-state index contributed by atoms with van der Waals surface area (Å²) in [5.41, 5.74) is -1.04. The topological polar surface area (TPSA) is 69.6 Å². The molecule has 114 valence electrons. The fourth-order valence-corrected chi connectivity index (χ4v) is 2.09. The minimum absolute atomic E-state index is 0.00690. The van der Waals surface area contributed by atoms with Gasteiger partial charge in [0, 0.05) is 19.2 Å². The number of benzene rings is 1. The van der Waals surface area contributed by atoms with Gasteiger partial charge in [-0.1, -0.05) is 0 Å². The second kappa shape index (κ2) is 5.67. The summed E-state index contributed by atoms with van der Waals surface area (Å²) in [6.07, 6.45) is 2.10. The van der Waals surface area contributed by atoms with E-state index in [1.54, 1.807) is 7.05 Å². The number of anilines is 1. The molecule has 0 bridgehead atoms. The second-order valence-corrected chi connectivity index (χ2v) is 5.24. The Labute approximate surface area is 120 Å². The maximum atomic E-state index is 13.6. The molecule has 1 aromatic carbocycles. The van der Waals surface area contributed by atoms with Crippen molar-refractivity contribution in [3.63, 3.8) is 0 Å². The number of hydrogen-bond donors (Lipinski definition) is 2. The van der Waals surface area contributed by atoms with Gasteiger partial charge in [-0.05, 0) is 31.7 Å². The molecule has 1 saturated carbocycles. The highest BCUT2D eigenvalue weighted by Gasteiger charge is 2.32. The van der Waals surface area contributed by atoms with Gasteiger partial charge in [0.05, 0.1) is 11.3 Å². The molecular formula is C14H16F2N2O3. The normalized spacial score (nSPS) is 15.4. The number of amides is 2. The van der Waals surface area contributed by atoms with Gasteiger partial charge in [0.25, 0.3) is 0 Å². The lowest BCUT2D eigenvalue weighted by molar-refractivity contribution is 0.0691. The molecule has 0 radical (unpaired) electrons. The van der Waals surface area contributed by atoms with Gasteiger partial charge in [-0.15, -0.1) is 0 Å². The van der Waals surface area contributed by atoms with Crippen molar-refractivity contribution < 1.29 is 23.5 Å². The van der Waals surface area contributed by atoms with Gasteiger partial charge in [0.1, 0.15) is 11.6 Å². The van der Waals surface area contributed by atoms with E-state index >= 15 is 0 Å². The van der Waals surface area contributed by atoms with E-state index in [-0.39, 0.29) is 11.7 Å². The van der Waals surface area contributed by atoms with E-state index in [2.05, 4.69) is 5.32 Å². The van der Waals surface area contributed by atoms with Crippen LogP contribution in [0.1, 0.15) is 30.1 Å². The van der Waals surface area contributed by atoms with Gasteiger partial charge in [-0.2, -0.15) is 0 Å². The van der Waals surface area contributed by atoms with Crippen LogP contribution in [-0.2, 0) is 0 Å². The van der Waals surface area contributed by atoms with Crippen LogP contribution in [0.15, 0.2) is 12.1 Å². The quantitative estimate of drug-likeness (QED) is 0.898. The predicted molar refractivity (Wildman–Crippen MR) is 72.3 cm³/mol. The molecule has 7 heteroatoms. The van der Waals surface area contributed by atoms with Gasteiger partial charge in [-0.25, -0.2) is 18.4 Å². The fraction of sp³-hybridized carbons (Fsp3) is 0.429. The standard InChI is InChI=1S/C14H16F2N2O3/c1-7(8-3-4-8)18(2)14(21)17-12-5-9(13(19)20)10(15)6-11(12)16/h5-8H,3-4H2,1-2H3,(H,17,21)(H,19,20). The number of hydrogen-bond acceptors (Lipinski definition) is 2. The van der Waals surface area contributed by atoms with E-state index in [1.807, 2.05) is 6.92 Å². The molecule has 0 aliphatic heterocycles. The molecule has 2 amide bonds. The number of aromatic carboxylic acids is 1. The van der Waals surface area contributed by atoms with Gasteiger partial charge in [-0.3, -0.25) is 0 Å². The Kier molecular flexibility index (Phi) is 4.11. The predicted octanol–water partition coefficient (Wildman–Crippen LogP) is 2.93. The van der Waals surface area contributed by atoms with E-state index in [0.29, 0.717) is 12.0 Å². The van der Waals surface area contributed by atoms with Crippen LogP contribution in [0.5, 0.6) is 0 Å². The summed E-state index contributed by atoms with van der Waals surface area (Å²) in [4.78, 5) is 24.3. The summed E-state index contributed by atoms with van der Waals surface area (Å²) in [6, 6.07) is 0.674. The Morgan fingerprint density at radius 3 is 2.48 bits per heavy atom. The summed E-state index contributed by atoms with van der Waals surface area (Å²) in [7, 11) is 1.58. The van der Waals surface area contributed by atoms with Crippen molar-refractivity contribution in [1.29, 1.82) is 0 Å². The molecule has 1 aliphatic rings. The Morgan fingerprint density at radius 2 is 1.95 bits per heavy atom. The largest absolute Gasteiger partial charge is 0.478 e. The SMILES string of the molecule is CC(C1CC1)N(C)C(=O)Nc1cc(C(=O)O)c(F)cc1F. The average molecular weight is 298 g/mol. The van der Waals surface area contributed by atoms with Crippen molar-refractivity contribution in [2.24, 2.45) is 5.92 Å². The third-order valence-electron chi connectivity index (χ3n) is 3.76. The van der Waals surface area contributed by atoms with Crippen molar-refractivity contribution in [2.45, 2.75) is 25.8 Å². The van der Waals surface area contributed by atoms with E-state index in [9.17, 15) is 18.4 Å². The lowest BCUT2D eigenvalue weighted by Crippen LogP contribution is -2.39. The highest BCUT2D eigenvalue weighted by atomic mass is 19.1. The van der Waals surface area contributed by atoms with Crippen LogP contribution < -0.4 is 5.32 Å². The van der Waals surface area contributed by atoms with Crippen molar-refractivity contribution in [3.05, 3.63) is 29.3 Å². The summed E-state index contributed by atoms with van der Waals surface area (Å²) in [5, 5.41) is 11.1. The zero-order valence-electron chi connectivity index (χ0n) is 11.7. The molecule has 0 aromatic heterocycles. The molecule has 21 heavy (non-hydrogen) atoms. The molecule has 0 saturated heterocycles. The molecule has 2 N–H and O–H groups in total. The van der Waals surface area contributed by atoms with E-state index in [1.165, 1.54) is 4.90 Å². The molecule has 1 unspecified atom stereocenters. The van der Waals surface area contributed by atoms with Crippen molar-refractivity contribution in [2.75, 3.05) is 12.4 Å². The van der Waals surface area contributed by atoms with Crippen LogP contribution >= 0.6 is 0 Å². The highest BCUT2D eigenvalue weighted by Crippen LogP contribution is 2.34. The van der Waals surface area contributed by atoms with Crippen LogP contribution in [-0.4, -0.2) is 35.1 Å². The summed E-state index contributed by atoms with van der Waals surface area (Å²) in [5.74, 6) is -3.29. The number of rotatable bonds is 4. The van der Waals surface area contributed by atoms with Crippen LogP contribution in [0.3, 0.4) is 0 Å². The third-order valence-corrected chi connectivity index (χ3v) is 3.76. The Bertz CT molecular complexity index is 588. The number of carboxylic acid groups (broad SMARTS) is 1. The maximum Gasteiger partial charge on any atom is 0.338 e. The first-order valence-corrected chi connectivity index (χ1v) is 6.57. The number of carbonyl (C=O) groups excluding carboxylic acids is 1. The zero-order chi connectivity index (χ0) is 15.7. The van der Waals surface area contributed by atoms with Crippen LogP contribution in [0.25, 0.3) is 0 Å². The van der Waals surface area contributed by atoms with Crippen molar-refractivity contribution in [3.8, 4) is 0 Å².